The molecule has 1 aliphatic rings. The molecule has 0 aliphatic carbocycles. The van der Waals surface area contributed by atoms with Crippen LogP contribution in [0, 0.1) is 0 Å². The molecule has 3 atom stereocenters. The van der Waals surface area contributed by atoms with Gasteiger partial charge in [-0.3, -0.25) is 4.79 Å². The van der Waals surface area contributed by atoms with E-state index in [1.165, 1.54) is 0 Å². The molecule has 18 heavy (non-hydrogen) atoms. The number of hydrogen-bond acceptors (Lipinski definition) is 3. The predicted octanol–water partition coefficient (Wildman–Crippen LogP) is 1.37. The van der Waals surface area contributed by atoms with Gasteiger partial charge in [-0.2, -0.15) is 0 Å². The van der Waals surface area contributed by atoms with E-state index in [2.05, 4.69) is 5.32 Å². The molecular weight excluding hydrogens is 228 g/mol. The highest BCUT2D eigenvalue weighted by Gasteiger charge is 2.29. The number of carbonyl (C=O) groups is 1. The predicted molar refractivity (Wildman–Crippen MR) is 69.9 cm³/mol. The van der Waals surface area contributed by atoms with Crippen LogP contribution >= 0.6 is 0 Å². The number of hydrogen-bond donors (Lipinski definition) is 2. The molecule has 1 heterocycles. The summed E-state index contributed by atoms with van der Waals surface area (Å²) in [7, 11) is 0. The first-order valence-corrected chi connectivity index (χ1v) is 6.41. The van der Waals surface area contributed by atoms with E-state index >= 15 is 0 Å². The SMILES string of the molecule is C[C@H](N)C(=O)NC(c1ccccc1)C1CCCO1. The molecule has 0 saturated carbocycles. The summed E-state index contributed by atoms with van der Waals surface area (Å²) in [6.07, 6.45) is 2.07. The van der Waals surface area contributed by atoms with E-state index in [9.17, 15) is 4.79 Å². The monoisotopic (exact) mass is 248 g/mol. The molecule has 1 aliphatic heterocycles. The molecule has 4 nitrogen and oxygen atoms in total. The number of benzene rings is 1. The normalized spacial score (nSPS) is 22.4. The van der Waals surface area contributed by atoms with Crippen LogP contribution in [0.4, 0.5) is 0 Å². The molecule has 1 aromatic rings. The third-order valence-corrected chi connectivity index (χ3v) is 3.21. The smallest absolute Gasteiger partial charge is 0.237 e. The summed E-state index contributed by atoms with van der Waals surface area (Å²) < 4.78 is 5.69. The number of ether oxygens (including phenoxy) is 1. The molecule has 1 saturated heterocycles. The molecule has 0 aromatic heterocycles. The van der Waals surface area contributed by atoms with E-state index < -0.39 is 6.04 Å². The van der Waals surface area contributed by atoms with Crippen LogP contribution in [-0.2, 0) is 9.53 Å². The Balaban J connectivity index is 2.15. The summed E-state index contributed by atoms with van der Waals surface area (Å²) in [5, 5.41) is 2.99. The Labute approximate surface area is 108 Å². The minimum Gasteiger partial charge on any atom is -0.376 e. The van der Waals surface area contributed by atoms with Gasteiger partial charge in [0.05, 0.1) is 18.2 Å². The third-order valence-electron chi connectivity index (χ3n) is 3.21. The number of nitrogens with two attached hydrogens (primary N) is 1. The fourth-order valence-electron chi connectivity index (χ4n) is 2.20. The topological polar surface area (TPSA) is 64.4 Å². The van der Waals surface area contributed by atoms with Crippen LogP contribution in [0.3, 0.4) is 0 Å². The molecular formula is C14H20N2O2. The Morgan fingerprint density at radius 3 is 2.72 bits per heavy atom. The maximum Gasteiger partial charge on any atom is 0.237 e. The molecule has 1 fully saturated rings. The van der Waals surface area contributed by atoms with Gasteiger partial charge in [-0.05, 0) is 25.3 Å². The second kappa shape index (κ2) is 5.98. The lowest BCUT2D eigenvalue weighted by atomic mass is 9.99. The summed E-state index contributed by atoms with van der Waals surface area (Å²) in [4.78, 5) is 11.8. The van der Waals surface area contributed by atoms with Crippen molar-refractivity contribution in [2.75, 3.05) is 6.61 Å². The van der Waals surface area contributed by atoms with E-state index in [0.717, 1.165) is 25.0 Å². The Morgan fingerprint density at radius 2 is 2.17 bits per heavy atom. The van der Waals surface area contributed by atoms with E-state index in [0.29, 0.717) is 0 Å². The lowest BCUT2D eigenvalue weighted by Gasteiger charge is -2.25. The molecule has 98 valence electrons. The Hall–Kier alpha value is -1.39. The molecule has 4 heteroatoms. The zero-order chi connectivity index (χ0) is 13.0. The molecule has 1 amide bonds. The summed E-state index contributed by atoms with van der Waals surface area (Å²) in [5.41, 5.74) is 6.68. The number of nitrogens with one attached hydrogen (secondary N) is 1. The van der Waals surface area contributed by atoms with Crippen LogP contribution < -0.4 is 11.1 Å². The van der Waals surface area contributed by atoms with Crippen LogP contribution in [0.25, 0.3) is 0 Å². The van der Waals surface area contributed by atoms with Crippen molar-refractivity contribution in [3.63, 3.8) is 0 Å². The van der Waals surface area contributed by atoms with E-state index in [4.69, 9.17) is 10.5 Å². The Bertz CT molecular complexity index is 386. The second-order valence-corrected chi connectivity index (χ2v) is 4.74. The van der Waals surface area contributed by atoms with Gasteiger partial charge < -0.3 is 15.8 Å². The number of carbonyl (C=O) groups excluding carboxylic acids is 1. The van der Waals surface area contributed by atoms with Gasteiger partial charge in [-0.1, -0.05) is 30.3 Å². The van der Waals surface area contributed by atoms with Gasteiger partial charge in [-0.25, -0.2) is 0 Å². The highest BCUT2D eigenvalue weighted by atomic mass is 16.5. The summed E-state index contributed by atoms with van der Waals surface area (Å²) >= 11 is 0. The lowest BCUT2D eigenvalue weighted by Crippen LogP contribution is -2.43. The van der Waals surface area contributed by atoms with Crippen molar-refractivity contribution in [3.05, 3.63) is 35.9 Å². The van der Waals surface area contributed by atoms with E-state index in [1.54, 1.807) is 6.92 Å². The molecule has 0 bridgehead atoms. The zero-order valence-electron chi connectivity index (χ0n) is 10.6. The first kappa shape index (κ1) is 13.1. The lowest BCUT2D eigenvalue weighted by molar-refractivity contribution is -0.123. The number of amides is 1. The van der Waals surface area contributed by atoms with Gasteiger partial charge in [0.25, 0.3) is 0 Å². The molecule has 2 unspecified atom stereocenters. The molecule has 2 rings (SSSR count). The quantitative estimate of drug-likeness (QED) is 0.846. The Morgan fingerprint density at radius 1 is 1.44 bits per heavy atom. The maximum absolute atomic E-state index is 11.8. The van der Waals surface area contributed by atoms with Crippen LogP contribution in [0.15, 0.2) is 30.3 Å². The molecule has 3 N–H and O–H groups in total. The van der Waals surface area contributed by atoms with Crippen LogP contribution in [-0.4, -0.2) is 24.7 Å². The highest BCUT2D eigenvalue weighted by molar-refractivity contribution is 5.81. The highest BCUT2D eigenvalue weighted by Crippen LogP contribution is 2.26. The van der Waals surface area contributed by atoms with Crippen molar-refractivity contribution in [1.29, 1.82) is 0 Å². The molecule has 0 radical (unpaired) electrons. The minimum absolute atomic E-state index is 0.0510. The standard InChI is InChI=1S/C14H20N2O2/c1-10(15)14(17)16-13(12-8-5-9-18-12)11-6-3-2-4-7-11/h2-4,6-7,10,12-13H,5,8-9,15H2,1H3,(H,16,17)/t10-,12?,13?/m0/s1. The fourth-order valence-corrected chi connectivity index (χ4v) is 2.20. The average Bonchev–Trinajstić information content (AvgIpc) is 2.90. The third kappa shape index (κ3) is 3.09. The summed E-state index contributed by atoms with van der Waals surface area (Å²) in [5.74, 6) is -0.139. The summed E-state index contributed by atoms with van der Waals surface area (Å²) in [6, 6.07) is 9.31. The molecule has 0 spiro atoms. The summed E-state index contributed by atoms with van der Waals surface area (Å²) in [6.45, 7) is 2.45. The van der Waals surface area contributed by atoms with Gasteiger partial charge >= 0.3 is 0 Å². The van der Waals surface area contributed by atoms with Gasteiger partial charge in [0, 0.05) is 6.61 Å². The van der Waals surface area contributed by atoms with Gasteiger partial charge in [-0.15, -0.1) is 0 Å². The van der Waals surface area contributed by atoms with Crippen LogP contribution in [0.1, 0.15) is 31.4 Å². The minimum atomic E-state index is -0.502. The average molecular weight is 248 g/mol. The van der Waals surface area contributed by atoms with Crippen molar-refractivity contribution in [2.24, 2.45) is 5.73 Å². The van der Waals surface area contributed by atoms with Crippen molar-refractivity contribution in [1.82, 2.24) is 5.32 Å². The second-order valence-electron chi connectivity index (χ2n) is 4.74. The number of rotatable bonds is 4. The van der Waals surface area contributed by atoms with Gasteiger partial charge in [0.1, 0.15) is 0 Å². The fraction of sp³-hybridized carbons (Fsp3) is 0.500. The van der Waals surface area contributed by atoms with E-state index in [-0.39, 0.29) is 18.1 Å². The van der Waals surface area contributed by atoms with E-state index in [1.807, 2.05) is 30.3 Å². The van der Waals surface area contributed by atoms with Gasteiger partial charge in [0.2, 0.25) is 5.91 Å². The van der Waals surface area contributed by atoms with Crippen molar-refractivity contribution in [2.45, 2.75) is 38.0 Å². The van der Waals surface area contributed by atoms with Crippen molar-refractivity contribution < 1.29 is 9.53 Å². The van der Waals surface area contributed by atoms with Crippen molar-refractivity contribution >= 4 is 5.91 Å². The maximum atomic E-state index is 11.8. The zero-order valence-corrected chi connectivity index (χ0v) is 10.6. The Kier molecular flexibility index (Phi) is 4.33. The van der Waals surface area contributed by atoms with Crippen molar-refractivity contribution in [3.8, 4) is 0 Å². The first-order valence-electron chi connectivity index (χ1n) is 6.41. The van der Waals surface area contributed by atoms with Gasteiger partial charge in [0.15, 0.2) is 0 Å². The first-order chi connectivity index (χ1) is 8.68. The largest absolute Gasteiger partial charge is 0.376 e. The molecule has 1 aromatic carbocycles. The van der Waals surface area contributed by atoms with Crippen LogP contribution in [0.5, 0.6) is 0 Å². The van der Waals surface area contributed by atoms with Crippen LogP contribution in [0.2, 0.25) is 0 Å².